The second kappa shape index (κ2) is 2.46. The molecule has 0 atom stereocenters. The Morgan fingerprint density at radius 3 is 2.27 bits per heavy atom. The fourth-order valence-corrected chi connectivity index (χ4v) is 1.20. The molecule has 1 radical (unpaired) electrons. The SMILES string of the molecule is Cc1cc(C)c(N)c(C)c1[NH]. The lowest BCUT2D eigenvalue weighted by Gasteiger charge is -2.09. The van der Waals surface area contributed by atoms with E-state index in [1.165, 1.54) is 0 Å². The van der Waals surface area contributed by atoms with E-state index in [1.807, 2.05) is 26.8 Å². The Morgan fingerprint density at radius 1 is 1.18 bits per heavy atom. The number of rotatable bonds is 0. The van der Waals surface area contributed by atoms with Gasteiger partial charge >= 0.3 is 0 Å². The average molecular weight is 149 g/mol. The molecular formula is C9H13N2. The monoisotopic (exact) mass is 149 g/mol. The topological polar surface area (TPSA) is 49.8 Å². The largest absolute Gasteiger partial charge is 0.398 e. The number of nitrogen functional groups attached to an aromatic ring is 1. The van der Waals surface area contributed by atoms with E-state index in [9.17, 15) is 0 Å². The maximum absolute atomic E-state index is 7.60. The molecule has 2 heteroatoms. The lowest BCUT2D eigenvalue weighted by Crippen LogP contribution is -1.96. The van der Waals surface area contributed by atoms with Crippen LogP contribution < -0.4 is 11.5 Å². The normalized spacial score (nSPS) is 10.1. The third kappa shape index (κ3) is 1.16. The van der Waals surface area contributed by atoms with Crippen LogP contribution in [-0.2, 0) is 0 Å². The molecule has 0 aliphatic rings. The van der Waals surface area contributed by atoms with E-state index in [0.29, 0.717) is 5.69 Å². The van der Waals surface area contributed by atoms with Crippen molar-refractivity contribution in [2.24, 2.45) is 0 Å². The van der Waals surface area contributed by atoms with Gasteiger partial charge in [-0.3, -0.25) is 0 Å². The van der Waals surface area contributed by atoms with Crippen LogP contribution in [0.5, 0.6) is 0 Å². The zero-order valence-electron chi connectivity index (χ0n) is 7.15. The minimum absolute atomic E-state index is 0.563. The number of aryl methyl sites for hydroxylation is 2. The quantitative estimate of drug-likeness (QED) is 0.564. The second-order valence-electron chi connectivity index (χ2n) is 2.92. The molecule has 0 aromatic heterocycles. The zero-order chi connectivity index (χ0) is 8.59. The van der Waals surface area contributed by atoms with Gasteiger partial charge in [-0.25, -0.2) is 0 Å². The van der Waals surface area contributed by atoms with Crippen molar-refractivity contribution >= 4 is 11.4 Å². The van der Waals surface area contributed by atoms with Crippen LogP contribution in [0.3, 0.4) is 0 Å². The minimum atomic E-state index is 0.563. The van der Waals surface area contributed by atoms with Crippen LogP contribution in [0.4, 0.5) is 11.4 Å². The molecule has 11 heavy (non-hydrogen) atoms. The van der Waals surface area contributed by atoms with Crippen LogP contribution in [0.1, 0.15) is 16.7 Å². The Hall–Kier alpha value is -1.18. The van der Waals surface area contributed by atoms with Crippen molar-refractivity contribution in [2.45, 2.75) is 20.8 Å². The van der Waals surface area contributed by atoms with Gasteiger partial charge in [0.05, 0.1) is 5.69 Å². The highest BCUT2D eigenvalue weighted by molar-refractivity contribution is 5.66. The Kier molecular flexibility index (Phi) is 1.77. The molecule has 0 unspecified atom stereocenters. The highest BCUT2D eigenvalue weighted by Crippen LogP contribution is 2.26. The number of nitrogens with one attached hydrogen (secondary N) is 1. The van der Waals surface area contributed by atoms with Gasteiger partial charge in [-0.1, -0.05) is 6.07 Å². The number of hydrogen-bond donors (Lipinski definition) is 1. The van der Waals surface area contributed by atoms with Crippen LogP contribution >= 0.6 is 0 Å². The Morgan fingerprint density at radius 2 is 1.73 bits per heavy atom. The van der Waals surface area contributed by atoms with E-state index in [0.717, 1.165) is 22.4 Å². The number of anilines is 1. The molecule has 0 fully saturated rings. The smallest absolute Gasteiger partial charge is 0.0618 e. The van der Waals surface area contributed by atoms with Crippen molar-refractivity contribution in [3.63, 3.8) is 0 Å². The summed E-state index contributed by atoms with van der Waals surface area (Å²) >= 11 is 0. The predicted molar refractivity (Wildman–Crippen MR) is 47.8 cm³/mol. The van der Waals surface area contributed by atoms with E-state index in [1.54, 1.807) is 0 Å². The van der Waals surface area contributed by atoms with Crippen molar-refractivity contribution in [3.05, 3.63) is 22.8 Å². The lowest BCUT2D eigenvalue weighted by molar-refractivity contribution is 1.28. The average Bonchev–Trinajstić information content (AvgIpc) is 1.97. The molecule has 0 aliphatic carbocycles. The first-order valence-corrected chi connectivity index (χ1v) is 3.62. The molecule has 0 saturated heterocycles. The zero-order valence-corrected chi connectivity index (χ0v) is 7.15. The van der Waals surface area contributed by atoms with Gasteiger partial charge in [-0.2, -0.15) is 0 Å². The van der Waals surface area contributed by atoms with Gasteiger partial charge in [0, 0.05) is 5.69 Å². The van der Waals surface area contributed by atoms with Crippen LogP contribution in [0.25, 0.3) is 0 Å². The minimum Gasteiger partial charge on any atom is -0.398 e. The molecule has 0 saturated carbocycles. The van der Waals surface area contributed by atoms with Gasteiger partial charge in [0.25, 0.3) is 0 Å². The first-order valence-electron chi connectivity index (χ1n) is 3.62. The van der Waals surface area contributed by atoms with Crippen molar-refractivity contribution in [1.82, 2.24) is 5.73 Å². The molecule has 1 aromatic rings. The molecule has 2 nitrogen and oxygen atoms in total. The molecule has 59 valence electrons. The second-order valence-corrected chi connectivity index (χ2v) is 2.92. The summed E-state index contributed by atoms with van der Waals surface area (Å²) in [5.74, 6) is 0. The van der Waals surface area contributed by atoms with Crippen molar-refractivity contribution in [2.75, 3.05) is 5.73 Å². The van der Waals surface area contributed by atoms with Crippen LogP contribution in [-0.4, -0.2) is 0 Å². The summed E-state index contributed by atoms with van der Waals surface area (Å²) in [6.07, 6.45) is 0. The number of benzene rings is 1. The fourth-order valence-electron chi connectivity index (χ4n) is 1.20. The Balaban J connectivity index is 3.46. The van der Waals surface area contributed by atoms with Gasteiger partial charge in [-0.15, -0.1) is 0 Å². The van der Waals surface area contributed by atoms with Crippen molar-refractivity contribution in [3.8, 4) is 0 Å². The maximum atomic E-state index is 7.60. The van der Waals surface area contributed by atoms with Crippen LogP contribution in [0.15, 0.2) is 6.07 Å². The molecule has 0 bridgehead atoms. The number of hydrogen-bond acceptors (Lipinski definition) is 1. The van der Waals surface area contributed by atoms with E-state index in [2.05, 4.69) is 0 Å². The van der Waals surface area contributed by atoms with Crippen molar-refractivity contribution < 1.29 is 0 Å². The Labute approximate surface area is 67.2 Å². The molecule has 0 heterocycles. The molecule has 0 spiro atoms. The summed E-state index contributed by atoms with van der Waals surface area (Å²) in [5.41, 5.74) is 17.6. The fraction of sp³-hybridized carbons (Fsp3) is 0.333. The summed E-state index contributed by atoms with van der Waals surface area (Å²) in [7, 11) is 0. The molecular weight excluding hydrogens is 136 g/mol. The molecule has 1 rings (SSSR count). The highest BCUT2D eigenvalue weighted by atomic mass is 14.6. The van der Waals surface area contributed by atoms with Gasteiger partial charge in [0.1, 0.15) is 0 Å². The molecule has 0 aliphatic heterocycles. The molecule has 3 N–H and O–H groups in total. The number of nitrogens with two attached hydrogens (primary N) is 1. The molecule has 1 aromatic carbocycles. The van der Waals surface area contributed by atoms with Crippen molar-refractivity contribution in [1.29, 1.82) is 0 Å². The van der Waals surface area contributed by atoms with Crippen LogP contribution in [0, 0.1) is 20.8 Å². The standard InChI is InChI=1S/C9H13N2/c1-5-4-6(2)9(11)7(3)8(5)10/h4,10H,11H2,1-3H3. The van der Waals surface area contributed by atoms with Gasteiger partial charge in [-0.05, 0) is 37.5 Å². The lowest BCUT2D eigenvalue weighted by atomic mass is 10.0. The highest BCUT2D eigenvalue weighted by Gasteiger charge is 2.04. The van der Waals surface area contributed by atoms with Gasteiger partial charge in [0.15, 0.2) is 0 Å². The van der Waals surface area contributed by atoms with Crippen LogP contribution in [0.2, 0.25) is 0 Å². The summed E-state index contributed by atoms with van der Waals surface area (Å²) in [4.78, 5) is 0. The van der Waals surface area contributed by atoms with E-state index in [4.69, 9.17) is 11.5 Å². The summed E-state index contributed by atoms with van der Waals surface area (Å²) < 4.78 is 0. The first kappa shape index (κ1) is 7.92. The third-order valence-corrected chi connectivity index (χ3v) is 2.03. The van der Waals surface area contributed by atoms with Gasteiger partial charge < -0.3 is 11.5 Å². The maximum Gasteiger partial charge on any atom is 0.0618 e. The third-order valence-electron chi connectivity index (χ3n) is 2.03. The first-order chi connectivity index (χ1) is 5.04. The summed E-state index contributed by atoms with van der Waals surface area (Å²) in [5, 5.41) is 0. The molecule has 0 amide bonds. The Bertz CT molecular complexity index is 264. The summed E-state index contributed by atoms with van der Waals surface area (Å²) in [6, 6.07) is 1.95. The van der Waals surface area contributed by atoms with E-state index < -0.39 is 0 Å². The predicted octanol–water partition coefficient (Wildman–Crippen LogP) is 2.11. The van der Waals surface area contributed by atoms with E-state index in [-0.39, 0.29) is 0 Å². The summed E-state index contributed by atoms with van der Waals surface area (Å²) in [6.45, 7) is 5.79. The van der Waals surface area contributed by atoms with Gasteiger partial charge in [0.2, 0.25) is 0 Å². The van der Waals surface area contributed by atoms with E-state index >= 15 is 0 Å².